The number of nitro benzene ring substituents is 1. The molecule has 0 aromatic heterocycles. The molecule has 0 N–H and O–H groups in total. The molecule has 0 spiro atoms. The van der Waals surface area contributed by atoms with Crippen LogP contribution in [0.2, 0.25) is 15.1 Å². The van der Waals surface area contributed by atoms with Crippen LogP contribution in [0.1, 0.15) is 16.7 Å². The van der Waals surface area contributed by atoms with Crippen LogP contribution >= 0.6 is 34.8 Å². The van der Waals surface area contributed by atoms with E-state index in [4.69, 9.17) is 39.5 Å². The number of nitriles is 1. The molecule has 150 valence electrons. The van der Waals surface area contributed by atoms with E-state index in [9.17, 15) is 15.4 Å². The summed E-state index contributed by atoms with van der Waals surface area (Å²) in [5.74, 6) is 0.319. The maximum Gasteiger partial charge on any atom is 0.270 e. The number of halogens is 3. The minimum Gasteiger partial charge on any atom is -0.486 e. The average molecular weight is 460 g/mol. The standard InChI is InChI=1S/C22H13Cl3N2O3/c23-18-6-4-14(5-7-18)13-30-22-20(24)9-15(10-21(22)25)8-17(12-26)16-2-1-3-19(11-16)27(28)29/h1-11H,13H2/b17-8-. The maximum atomic E-state index is 11.0. The Hall–Kier alpha value is -3.04. The van der Waals surface area contributed by atoms with Crippen LogP contribution in [0.4, 0.5) is 5.69 Å². The Kier molecular flexibility index (Phi) is 6.96. The lowest BCUT2D eigenvalue weighted by Gasteiger charge is -2.11. The van der Waals surface area contributed by atoms with Crippen molar-refractivity contribution >= 4 is 52.1 Å². The summed E-state index contributed by atoms with van der Waals surface area (Å²) in [7, 11) is 0. The Balaban J connectivity index is 1.86. The lowest BCUT2D eigenvalue weighted by Crippen LogP contribution is -1.97. The van der Waals surface area contributed by atoms with Gasteiger partial charge < -0.3 is 4.74 Å². The molecule has 0 amide bonds. The fourth-order valence-electron chi connectivity index (χ4n) is 2.67. The van der Waals surface area contributed by atoms with Gasteiger partial charge in [-0.25, -0.2) is 0 Å². The van der Waals surface area contributed by atoms with Crippen molar-refractivity contribution in [3.05, 3.63) is 103 Å². The first kappa shape index (κ1) is 21.7. The van der Waals surface area contributed by atoms with Crippen molar-refractivity contribution in [2.45, 2.75) is 6.61 Å². The van der Waals surface area contributed by atoms with E-state index < -0.39 is 4.92 Å². The van der Waals surface area contributed by atoms with Crippen LogP contribution in [0.5, 0.6) is 5.75 Å². The number of rotatable bonds is 6. The van der Waals surface area contributed by atoms with Crippen molar-refractivity contribution in [1.82, 2.24) is 0 Å². The summed E-state index contributed by atoms with van der Waals surface area (Å²) in [4.78, 5) is 10.5. The smallest absolute Gasteiger partial charge is 0.270 e. The SMILES string of the molecule is N#C/C(=C/c1cc(Cl)c(OCc2ccc(Cl)cc2)c(Cl)c1)c1cccc([N+](=O)[O-])c1. The third-order valence-electron chi connectivity index (χ3n) is 4.12. The van der Waals surface area contributed by atoms with E-state index in [-0.39, 0.29) is 27.9 Å². The number of hydrogen-bond acceptors (Lipinski definition) is 4. The zero-order chi connectivity index (χ0) is 21.7. The Morgan fingerprint density at radius 2 is 1.73 bits per heavy atom. The van der Waals surface area contributed by atoms with Crippen LogP contribution in [0.25, 0.3) is 11.6 Å². The number of nitrogens with zero attached hydrogens (tertiary/aromatic N) is 2. The summed E-state index contributed by atoms with van der Waals surface area (Å²) in [6.07, 6.45) is 1.56. The van der Waals surface area contributed by atoms with Crippen molar-refractivity contribution in [1.29, 1.82) is 5.26 Å². The van der Waals surface area contributed by atoms with Gasteiger partial charge in [-0.2, -0.15) is 5.26 Å². The number of hydrogen-bond donors (Lipinski definition) is 0. The average Bonchev–Trinajstić information content (AvgIpc) is 2.72. The van der Waals surface area contributed by atoms with Gasteiger partial charge in [-0.3, -0.25) is 10.1 Å². The largest absolute Gasteiger partial charge is 0.486 e. The van der Waals surface area contributed by atoms with E-state index in [2.05, 4.69) is 0 Å². The zero-order valence-electron chi connectivity index (χ0n) is 15.3. The van der Waals surface area contributed by atoms with E-state index in [0.717, 1.165) is 5.56 Å². The quantitative estimate of drug-likeness (QED) is 0.169. The van der Waals surface area contributed by atoms with Gasteiger partial charge in [0.25, 0.3) is 5.69 Å². The Labute approximate surface area is 187 Å². The molecule has 0 aliphatic rings. The van der Waals surface area contributed by atoms with Crippen LogP contribution in [0, 0.1) is 21.4 Å². The van der Waals surface area contributed by atoms with Crippen LogP contribution in [-0.4, -0.2) is 4.92 Å². The molecular weight excluding hydrogens is 447 g/mol. The molecule has 30 heavy (non-hydrogen) atoms. The molecule has 0 atom stereocenters. The first-order valence-corrected chi connectivity index (χ1v) is 9.73. The molecule has 0 aliphatic carbocycles. The van der Waals surface area contributed by atoms with Crippen molar-refractivity contribution in [2.75, 3.05) is 0 Å². The van der Waals surface area contributed by atoms with Gasteiger partial charge in [0.1, 0.15) is 6.61 Å². The summed E-state index contributed by atoms with van der Waals surface area (Å²) < 4.78 is 5.74. The van der Waals surface area contributed by atoms with Crippen LogP contribution in [-0.2, 0) is 6.61 Å². The zero-order valence-corrected chi connectivity index (χ0v) is 17.6. The van der Waals surface area contributed by atoms with Gasteiger partial charge in [-0.05, 0) is 47.0 Å². The lowest BCUT2D eigenvalue weighted by atomic mass is 10.0. The lowest BCUT2D eigenvalue weighted by molar-refractivity contribution is -0.384. The first-order valence-electron chi connectivity index (χ1n) is 8.60. The Bertz CT molecular complexity index is 1150. The topological polar surface area (TPSA) is 76.2 Å². The minimum absolute atomic E-state index is 0.101. The molecule has 0 saturated carbocycles. The number of nitro groups is 1. The van der Waals surface area contributed by atoms with Crippen molar-refractivity contribution in [3.8, 4) is 11.8 Å². The molecule has 3 aromatic rings. The summed E-state index contributed by atoms with van der Waals surface area (Å²) in [6, 6.07) is 18.3. The van der Waals surface area contributed by atoms with Gasteiger partial charge in [-0.1, -0.05) is 59.1 Å². The number of non-ortho nitro benzene ring substituents is 1. The molecular formula is C22H13Cl3N2O3. The third-order valence-corrected chi connectivity index (χ3v) is 4.93. The fourth-order valence-corrected chi connectivity index (χ4v) is 3.41. The monoisotopic (exact) mass is 458 g/mol. The molecule has 5 nitrogen and oxygen atoms in total. The molecule has 8 heteroatoms. The van der Waals surface area contributed by atoms with Crippen molar-refractivity contribution in [3.63, 3.8) is 0 Å². The second kappa shape index (κ2) is 9.64. The normalized spacial score (nSPS) is 11.1. The molecule has 0 fully saturated rings. The summed E-state index contributed by atoms with van der Waals surface area (Å²) in [6.45, 7) is 0.253. The highest BCUT2D eigenvalue weighted by Crippen LogP contribution is 2.36. The predicted octanol–water partition coefficient (Wildman–Crippen LogP) is 7.20. The second-order valence-corrected chi connectivity index (χ2v) is 7.46. The fraction of sp³-hybridized carbons (Fsp3) is 0.0455. The molecule has 3 aromatic carbocycles. The molecule has 0 saturated heterocycles. The summed E-state index contributed by atoms with van der Waals surface area (Å²) in [5.41, 5.74) is 2.01. The van der Waals surface area contributed by atoms with E-state index in [0.29, 0.717) is 21.9 Å². The van der Waals surface area contributed by atoms with Crippen LogP contribution < -0.4 is 4.74 Å². The van der Waals surface area contributed by atoms with E-state index in [1.165, 1.54) is 18.2 Å². The van der Waals surface area contributed by atoms with Gasteiger partial charge in [0.05, 0.1) is 26.6 Å². The van der Waals surface area contributed by atoms with Gasteiger partial charge >= 0.3 is 0 Å². The first-order chi connectivity index (χ1) is 14.4. The van der Waals surface area contributed by atoms with Crippen molar-refractivity contribution < 1.29 is 9.66 Å². The third kappa shape index (κ3) is 5.31. The van der Waals surface area contributed by atoms with Gasteiger partial charge in [0, 0.05) is 17.2 Å². The Morgan fingerprint density at radius 3 is 2.33 bits per heavy atom. The molecule has 3 rings (SSSR count). The highest BCUT2D eigenvalue weighted by atomic mass is 35.5. The van der Waals surface area contributed by atoms with Crippen LogP contribution in [0.3, 0.4) is 0 Å². The highest BCUT2D eigenvalue weighted by Gasteiger charge is 2.12. The second-order valence-electron chi connectivity index (χ2n) is 6.21. The number of benzene rings is 3. The van der Waals surface area contributed by atoms with Gasteiger partial charge in [0.2, 0.25) is 0 Å². The van der Waals surface area contributed by atoms with Gasteiger partial charge in [0.15, 0.2) is 5.75 Å². The minimum atomic E-state index is -0.515. The molecule has 0 aliphatic heterocycles. The van der Waals surface area contributed by atoms with E-state index in [1.807, 2.05) is 18.2 Å². The predicted molar refractivity (Wildman–Crippen MR) is 119 cm³/mol. The van der Waals surface area contributed by atoms with Gasteiger partial charge in [-0.15, -0.1) is 0 Å². The molecule has 0 bridgehead atoms. The molecule has 0 unspecified atom stereocenters. The number of allylic oxidation sites excluding steroid dienone is 1. The number of ether oxygens (including phenoxy) is 1. The molecule has 0 radical (unpaired) electrons. The van der Waals surface area contributed by atoms with Crippen LogP contribution in [0.15, 0.2) is 60.7 Å². The highest BCUT2D eigenvalue weighted by molar-refractivity contribution is 6.37. The summed E-state index contributed by atoms with van der Waals surface area (Å²) in [5, 5.41) is 21.7. The maximum absolute atomic E-state index is 11.0. The van der Waals surface area contributed by atoms with E-state index in [1.54, 1.807) is 36.4 Å². The van der Waals surface area contributed by atoms with Crippen molar-refractivity contribution in [2.24, 2.45) is 0 Å². The molecule has 0 heterocycles. The van der Waals surface area contributed by atoms with E-state index >= 15 is 0 Å². The summed E-state index contributed by atoms with van der Waals surface area (Å²) >= 11 is 18.5. The Morgan fingerprint density at radius 1 is 1.07 bits per heavy atom.